The average Bonchev–Trinajstić information content (AvgIpc) is 2.41. The third-order valence-electron chi connectivity index (χ3n) is 3.02. The highest BCUT2D eigenvalue weighted by molar-refractivity contribution is 6.32. The number of carbonyl (C=O) groups excluding carboxylic acids is 1. The quantitative estimate of drug-likeness (QED) is 0.763. The van der Waals surface area contributed by atoms with E-state index < -0.39 is 0 Å². The largest absolute Gasteiger partial charge is 0.496 e. The van der Waals surface area contributed by atoms with Gasteiger partial charge in [-0.2, -0.15) is 0 Å². The van der Waals surface area contributed by atoms with Crippen LogP contribution < -0.4 is 4.74 Å². The maximum atomic E-state index is 12.4. The zero-order chi connectivity index (χ0) is 14.7. The van der Waals surface area contributed by atoms with Gasteiger partial charge in [-0.05, 0) is 42.3 Å². The van der Waals surface area contributed by atoms with Crippen LogP contribution in [0.4, 0.5) is 0 Å². The van der Waals surface area contributed by atoms with Gasteiger partial charge >= 0.3 is 0 Å². The summed E-state index contributed by atoms with van der Waals surface area (Å²) in [5, 5.41) is 1.10. The van der Waals surface area contributed by atoms with Gasteiger partial charge in [-0.25, -0.2) is 0 Å². The summed E-state index contributed by atoms with van der Waals surface area (Å²) in [5.41, 5.74) is 2.33. The van der Waals surface area contributed by atoms with Crippen molar-refractivity contribution < 1.29 is 9.53 Å². The van der Waals surface area contributed by atoms with Gasteiger partial charge in [-0.3, -0.25) is 4.79 Å². The predicted octanol–water partition coefficient (Wildman–Crippen LogP) is 4.74. The molecule has 0 saturated heterocycles. The molecule has 0 aliphatic heterocycles. The van der Waals surface area contributed by atoms with Gasteiger partial charge in [0.2, 0.25) is 0 Å². The van der Waals surface area contributed by atoms with Crippen molar-refractivity contribution in [2.24, 2.45) is 0 Å². The van der Waals surface area contributed by atoms with Crippen molar-refractivity contribution in [3.05, 3.63) is 63.1 Å². The fraction of sp³-hybridized carbons (Fsp3) is 0.188. The van der Waals surface area contributed by atoms with Gasteiger partial charge < -0.3 is 4.74 Å². The fourth-order valence-corrected chi connectivity index (χ4v) is 2.44. The minimum Gasteiger partial charge on any atom is -0.496 e. The van der Waals surface area contributed by atoms with Crippen LogP contribution in [0.3, 0.4) is 0 Å². The van der Waals surface area contributed by atoms with Gasteiger partial charge in [0.15, 0.2) is 5.78 Å². The molecule has 104 valence electrons. The summed E-state index contributed by atoms with van der Waals surface area (Å²) < 4.78 is 5.20. The van der Waals surface area contributed by atoms with Crippen molar-refractivity contribution >= 4 is 29.0 Å². The molecule has 0 fully saturated rings. The van der Waals surface area contributed by atoms with Crippen molar-refractivity contribution in [2.75, 3.05) is 7.11 Å². The van der Waals surface area contributed by atoms with Crippen LogP contribution in [0.1, 0.15) is 21.5 Å². The van der Waals surface area contributed by atoms with E-state index in [9.17, 15) is 4.79 Å². The minimum absolute atomic E-state index is 0.0740. The summed E-state index contributed by atoms with van der Waals surface area (Å²) in [5.74, 6) is 0.442. The molecule has 2 aromatic carbocycles. The predicted molar refractivity (Wildman–Crippen MR) is 82.2 cm³/mol. The number of ketones is 1. The smallest absolute Gasteiger partial charge is 0.171 e. The maximum absolute atomic E-state index is 12.4. The molecular weight excluding hydrogens is 295 g/mol. The number of hydrogen-bond acceptors (Lipinski definition) is 2. The molecule has 2 nitrogen and oxygen atoms in total. The van der Waals surface area contributed by atoms with Crippen LogP contribution in [0.15, 0.2) is 36.4 Å². The number of ether oxygens (including phenoxy) is 1. The molecule has 4 heteroatoms. The third kappa shape index (κ3) is 3.33. The van der Waals surface area contributed by atoms with Gasteiger partial charge in [0.05, 0.1) is 12.7 Å². The van der Waals surface area contributed by atoms with Crippen molar-refractivity contribution in [3.63, 3.8) is 0 Å². The number of halogens is 2. The lowest BCUT2D eigenvalue weighted by Gasteiger charge is -2.09. The normalized spacial score (nSPS) is 10.4. The van der Waals surface area contributed by atoms with Crippen LogP contribution in [0.2, 0.25) is 10.0 Å². The lowest BCUT2D eigenvalue weighted by atomic mass is 10.0. The van der Waals surface area contributed by atoms with E-state index in [1.165, 1.54) is 7.11 Å². The van der Waals surface area contributed by atoms with Crippen molar-refractivity contribution in [1.82, 2.24) is 0 Å². The summed E-state index contributed by atoms with van der Waals surface area (Å²) in [6, 6.07) is 10.6. The molecule has 2 rings (SSSR count). The molecule has 20 heavy (non-hydrogen) atoms. The molecule has 0 heterocycles. The summed E-state index contributed by atoms with van der Waals surface area (Å²) in [7, 11) is 1.53. The van der Waals surface area contributed by atoms with Crippen LogP contribution in [-0.2, 0) is 6.42 Å². The number of benzene rings is 2. The molecule has 0 atom stereocenters. The Morgan fingerprint density at radius 3 is 2.55 bits per heavy atom. The summed E-state index contributed by atoms with van der Waals surface area (Å²) in [6.45, 7) is 1.96. The molecule has 0 bridgehead atoms. The number of carbonyl (C=O) groups is 1. The van der Waals surface area contributed by atoms with E-state index in [1.807, 2.05) is 25.1 Å². The Morgan fingerprint density at radius 1 is 1.15 bits per heavy atom. The van der Waals surface area contributed by atoms with E-state index in [-0.39, 0.29) is 12.2 Å². The average molecular weight is 309 g/mol. The van der Waals surface area contributed by atoms with E-state index >= 15 is 0 Å². The second-order valence-electron chi connectivity index (χ2n) is 4.54. The monoisotopic (exact) mass is 308 g/mol. The van der Waals surface area contributed by atoms with E-state index in [4.69, 9.17) is 27.9 Å². The molecule has 0 saturated carbocycles. The fourth-order valence-electron chi connectivity index (χ4n) is 1.96. The second kappa shape index (κ2) is 6.29. The zero-order valence-electron chi connectivity index (χ0n) is 11.2. The Hall–Kier alpha value is -1.51. The molecule has 0 N–H and O–H groups in total. The number of rotatable bonds is 4. The van der Waals surface area contributed by atoms with E-state index in [2.05, 4.69) is 0 Å². The number of methoxy groups -OCH3 is 1. The molecule has 0 radical (unpaired) electrons. The second-order valence-corrected chi connectivity index (χ2v) is 5.38. The molecule has 0 aliphatic carbocycles. The first-order valence-electron chi connectivity index (χ1n) is 6.13. The summed E-state index contributed by atoms with van der Waals surface area (Å²) >= 11 is 12.1. The molecular formula is C16H14Cl2O2. The van der Waals surface area contributed by atoms with Gasteiger partial charge in [-0.1, -0.05) is 35.3 Å². The van der Waals surface area contributed by atoms with Gasteiger partial charge in [0, 0.05) is 16.5 Å². The lowest BCUT2D eigenvalue weighted by Crippen LogP contribution is -2.06. The molecule has 0 unspecified atom stereocenters. The highest BCUT2D eigenvalue weighted by Gasteiger charge is 2.15. The highest BCUT2D eigenvalue weighted by atomic mass is 35.5. The van der Waals surface area contributed by atoms with Crippen LogP contribution >= 0.6 is 23.2 Å². The van der Waals surface area contributed by atoms with Crippen molar-refractivity contribution in [3.8, 4) is 5.75 Å². The Bertz CT molecular complexity index is 651. The molecule has 0 spiro atoms. The Labute approximate surface area is 128 Å². The first kappa shape index (κ1) is 14.9. The number of hydrogen-bond donors (Lipinski definition) is 0. The van der Waals surface area contributed by atoms with Crippen LogP contribution in [0, 0.1) is 6.92 Å². The first-order chi connectivity index (χ1) is 9.51. The van der Waals surface area contributed by atoms with Crippen molar-refractivity contribution in [2.45, 2.75) is 13.3 Å². The van der Waals surface area contributed by atoms with Gasteiger partial charge in [-0.15, -0.1) is 0 Å². The minimum atomic E-state index is -0.0740. The Morgan fingerprint density at radius 2 is 1.90 bits per heavy atom. The lowest BCUT2D eigenvalue weighted by molar-refractivity contribution is 0.0990. The molecule has 2 aromatic rings. The number of aryl methyl sites for hydroxylation is 1. The Balaban J connectivity index is 2.30. The topological polar surface area (TPSA) is 26.3 Å². The van der Waals surface area contributed by atoms with Gasteiger partial charge in [0.1, 0.15) is 5.75 Å². The standard InChI is InChI=1S/C16H14Cl2O2/c1-10-3-4-11(14(18)7-10)8-15(19)13-9-12(17)5-6-16(13)20-2/h3-7,9H,8H2,1-2H3. The highest BCUT2D eigenvalue weighted by Crippen LogP contribution is 2.26. The van der Waals surface area contributed by atoms with Crippen LogP contribution in [0.5, 0.6) is 5.75 Å². The maximum Gasteiger partial charge on any atom is 0.171 e. The number of Topliss-reactive ketones (excluding diaryl/α,β-unsaturated/α-hetero) is 1. The summed E-state index contributed by atoms with van der Waals surface area (Å²) in [6.07, 6.45) is 0.218. The first-order valence-corrected chi connectivity index (χ1v) is 6.88. The van der Waals surface area contributed by atoms with Gasteiger partial charge in [0.25, 0.3) is 0 Å². The third-order valence-corrected chi connectivity index (χ3v) is 3.61. The van der Waals surface area contributed by atoms with E-state index in [0.717, 1.165) is 11.1 Å². The molecule has 0 aromatic heterocycles. The zero-order valence-corrected chi connectivity index (χ0v) is 12.8. The SMILES string of the molecule is COc1ccc(Cl)cc1C(=O)Cc1ccc(C)cc1Cl. The molecule has 0 aliphatic rings. The van der Waals surface area contributed by atoms with Crippen LogP contribution in [-0.4, -0.2) is 12.9 Å². The molecule has 0 amide bonds. The summed E-state index contributed by atoms with van der Waals surface area (Å²) in [4.78, 5) is 12.4. The van der Waals surface area contributed by atoms with E-state index in [1.54, 1.807) is 18.2 Å². The van der Waals surface area contributed by atoms with E-state index in [0.29, 0.717) is 21.4 Å². The van der Waals surface area contributed by atoms with Crippen molar-refractivity contribution in [1.29, 1.82) is 0 Å². The van der Waals surface area contributed by atoms with Crippen LogP contribution in [0.25, 0.3) is 0 Å². The Kier molecular flexibility index (Phi) is 4.69.